The molecule has 4 rings (SSSR count). The first-order valence-electron chi connectivity index (χ1n) is 13.3. The number of carbonyl (C=O) groups is 2. The third-order valence-corrected chi connectivity index (χ3v) is 7.25. The minimum absolute atomic E-state index is 0.204. The van der Waals surface area contributed by atoms with Crippen LogP contribution in [0.2, 0.25) is 0 Å². The van der Waals surface area contributed by atoms with Crippen molar-refractivity contribution < 1.29 is 41.7 Å². The van der Waals surface area contributed by atoms with Gasteiger partial charge in [0.05, 0.1) is 14.2 Å². The Balaban J connectivity index is 2.00. The van der Waals surface area contributed by atoms with Gasteiger partial charge < -0.3 is 24.3 Å². The van der Waals surface area contributed by atoms with E-state index in [2.05, 4.69) is 5.32 Å². The summed E-state index contributed by atoms with van der Waals surface area (Å²) in [5.41, 5.74) is -4.56. The van der Waals surface area contributed by atoms with Crippen molar-refractivity contribution in [1.82, 2.24) is 5.32 Å². The summed E-state index contributed by atoms with van der Waals surface area (Å²) in [6, 6.07) is 17.0. The number of nitrogens with one attached hydrogen (secondary N) is 1. The summed E-state index contributed by atoms with van der Waals surface area (Å²) in [5, 5.41) is 2.51. The van der Waals surface area contributed by atoms with Gasteiger partial charge in [0, 0.05) is 36.6 Å². The molecular weight excluding hydrogens is 551 g/mol. The van der Waals surface area contributed by atoms with Crippen LogP contribution in [0.15, 0.2) is 66.7 Å². The number of hydrogen-bond acceptors (Lipinski definition) is 6. The molecule has 1 aliphatic rings. The highest BCUT2D eigenvalue weighted by atomic mass is 19.4. The lowest BCUT2D eigenvalue weighted by molar-refractivity contribution is -0.266. The van der Waals surface area contributed by atoms with E-state index < -0.39 is 40.4 Å². The highest BCUT2D eigenvalue weighted by Crippen LogP contribution is 2.47. The monoisotopic (exact) mass is 585 g/mol. The lowest BCUT2D eigenvalue weighted by Crippen LogP contribution is -2.65. The summed E-state index contributed by atoms with van der Waals surface area (Å²) >= 11 is 0. The topological polar surface area (TPSA) is 83.1 Å². The maximum absolute atomic E-state index is 14.9. The zero-order valence-electron chi connectivity index (χ0n) is 24.3. The van der Waals surface area contributed by atoms with Crippen molar-refractivity contribution in [3.63, 3.8) is 0 Å². The van der Waals surface area contributed by atoms with Crippen LogP contribution < -0.4 is 14.8 Å². The summed E-state index contributed by atoms with van der Waals surface area (Å²) in [6.07, 6.45) is -5.59. The number of ether oxygens (including phenoxy) is 4. The lowest BCUT2D eigenvalue weighted by Gasteiger charge is -2.39. The molecule has 0 saturated carbocycles. The van der Waals surface area contributed by atoms with Crippen molar-refractivity contribution in [2.75, 3.05) is 21.3 Å². The molecule has 10 heteroatoms. The lowest BCUT2D eigenvalue weighted by atomic mass is 9.83. The van der Waals surface area contributed by atoms with Gasteiger partial charge in [0.25, 0.3) is 11.5 Å². The molecular formula is C32H34F3NO6. The number of alkyl halides is 3. The Kier molecular flexibility index (Phi) is 8.33. The van der Waals surface area contributed by atoms with Crippen molar-refractivity contribution >= 4 is 11.9 Å². The number of rotatable bonds is 7. The van der Waals surface area contributed by atoms with Crippen LogP contribution in [-0.4, -0.2) is 50.5 Å². The van der Waals surface area contributed by atoms with E-state index in [4.69, 9.17) is 18.9 Å². The van der Waals surface area contributed by atoms with Crippen LogP contribution >= 0.6 is 0 Å². The predicted molar refractivity (Wildman–Crippen MR) is 150 cm³/mol. The molecule has 3 aromatic carbocycles. The van der Waals surface area contributed by atoms with Crippen LogP contribution in [0.3, 0.4) is 0 Å². The first kappa shape index (κ1) is 30.9. The van der Waals surface area contributed by atoms with Gasteiger partial charge >= 0.3 is 12.1 Å². The second kappa shape index (κ2) is 11.3. The molecule has 0 spiro atoms. The van der Waals surface area contributed by atoms with Crippen LogP contribution in [0.1, 0.15) is 37.5 Å². The van der Waals surface area contributed by atoms with Crippen LogP contribution in [-0.2, 0) is 37.5 Å². The fourth-order valence-electron chi connectivity index (χ4n) is 5.46. The molecule has 224 valence electrons. The number of hydrogen-bond donors (Lipinski definition) is 1. The molecule has 1 amide bonds. The van der Waals surface area contributed by atoms with Gasteiger partial charge in [-0.25, -0.2) is 4.79 Å². The fraction of sp³-hybridized carbons (Fsp3) is 0.375. The predicted octanol–water partition coefficient (Wildman–Crippen LogP) is 5.77. The number of benzene rings is 3. The van der Waals surface area contributed by atoms with Gasteiger partial charge in [-0.3, -0.25) is 4.79 Å². The van der Waals surface area contributed by atoms with Crippen LogP contribution in [0.4, 0.5) is 13.2 Å². The molecule has 0 aromatic heterocycles. The van der Waals surface area contributed by atoms with Gasteiger partial charge in [-0.15, -0.1) is 0 Å². The van der Waals surface area contributed by atoms with Crippen molar-refractivity contribution in [2.45, 2.75) is 56.5 Å². The van der Waals surface area contributed by atoms with E-state index in [0.717, 1.165) is 19.2 Å². The number of methoxy groups -OCH3 is 3. The van der Waals surface area contributed by atoms with E-state index in [1.807, 2.05) is 0 Å². The summed E-state index contributed by atoms with van der Waals surface area (Å²) in [4.78, 5) is 28.2. The van der Waals surface area contributed by atoms with Gasteiger partial charge in [0.2, 0.25) is 0 Å². The fourth-order valence-corrected chi connectivity index (χ4v) is 5.46. The van der Waals surface area contributed by atoms with Gasteiger partial charge in [0.1, 0.15) is 22.6 Å². The molecule has 1 N–H and O–H groups in total. The quantitative estimate of drug-likeness (QED) is 0.355. The highest BCUT2D eigenvalue weighted by molar-refractivity contribution is 5.95. The smallest absolute Gasteiger partial charge is 0.430 e. The third-order valence-electron chi connectivity index (χ3n) is 7.25. The van der Waals surface area contributed by atoms with Gasteiger partial charge in [-0.05, 0) is 44.0 Å². The van der Waals surface area contributed by atoms with Crippen LogP contribution in [0, 0.1) is 0 Å². The number of amides is 1. The number of carbonyl (C=O) groups excluding carboxylic acids is 2. The Morgan fingerprint density at radius 3 is 1.67 bits per heavy atom. The largest absolute Gasteiger partial charge is 0.496 e. The van der Waals surface area contributed by atoms with E-state index in [0.29, 0.717) is 33.8 Å². The molecule has 0 fully saturated rings. The Bertz CT molecular complexity index is 1410. The van der Waals surface area contributed by atoms with Crippen molar-refractivity contribution in [3.05, 3.63) is 83.4 Å². The van der Waals surface area contributed by atoms with Crippen LogP contribution in [0.5, 0.6) is 11.5 Å². The number of fused-ring (bicyclic) bond motifs is 3. The van der Waals surface area contributed by atoms with Crippen molar-refractivity contribution in [1.29, 1.82) is 0 Å². The number of halogens is 3. The minimum atomic E-state index is -5.19. The molecule has 0 aliphatic heterocycles. The maximum Gasteiger partial charge on any atom is 0.430 e. The van der Waals surface area contributed by atoms with E-state index in [9.17, 15) is 22.8 Å². The molecule has 0 bridgehead atoms. The van der Waals surface area contributed by atoms with E-state index in [1.165, 1.54) is 32.4 Å². The molecule has 1 aliphatic carbocycles. The van der Waals surface area contributed by atoms with E-state index >= 15 is 0 Å². The standard InChI is InChI=1S/C32H34F3NO6/c1-29(2,3)42-28(38)30(36-27(37)31(41-6,32(33,34)35)22-14-8-7-9-15-22)18-20-12-10-16-23(39-4)25(20)26-21(19-30)13-11-17-24(26)40-5/h7-17H,18-19H2,1-6H3,(H,36,37)/t31-/m0/s1. The molecule has 1 atom stereocenters. The second-order valence-electron chi connectivity index (χ2n) is 11.1. The SMILES string of the molecule is COc1cccc2c1-c1c(cccc1OC)CC(NC(=O)[C@@](OC)(c1ccccc1)C(F)(F)F)(C(=O)OC(C)(C)C)C2. The Morgan fingerprint density at radius 1 is 0.762 bits per heavy atom. The van der Waals surface area contributed by atoms with Gasteiger partial charge in [-0.1, -0.05) is 54.6 Å². The minimum Gasteiger partial charge on any atom is -0.496 e. The molecule has 0 saturated heterocycles. The normalized spacial score (nSPS) is 15.7. The highest BCUT2D eigenvalue weighted by Gasteiger charge is 2.64. The average molecular weight is 586 g/mol. The van der Waals surface area contributed by atoms with Gasteiger partial charge in [-0.2, -0.15) is 13.2 Å². The molecule has 42 heavy (non-hydrogen) atoms. The first-order valence-corrected chi connectivity index (χ1v) is 13.3. The van der Waals surface area contributed by atoms with Crippen LogP contribution in [0.25, 0.3) is 11.1 Å². The second-order valence-corrected chi connectivity index (χ2v) is 11.1. The third kappa shape index (κ3) is 5.43. The Morgan fingerprint density at radius 2 is 1.26 bits per heavy atom. The molecule has 0 heterocycles. The Labute approximate surface area is 242 Å². The number of esters is 1. The molecule has 7 nitrogen and oxygen atoms in total. The first-order chi connectivity index (χ1) is 19.7. The summed E-state index contributed by atoms with van der Waals surface area (Å²) in [6.45, 7) is 4.93. The average Bonchev–Trinajstić information content (AvgIpc) is 3.07. The molecule has 3 aromatic rings. The van der Waals surface area contributed by atoms with E-state index in [-0.39, 0.29) is 12.8 Å². The Hall–Kier alpha value is -4.05. The van der Waals surface area contributed by atoms with Crippen molar-refractivity contribution in [2.24, 2.45) is 0 Å². The van der Waals surface area contributed by atoms with Crippen molar-refractivity contribution in [3.8, 4) is 22.6 Å². The molecule has 0 unspecified atom stereocenters. The summed E-state index contributed by atoms with van der Waals surface area (Å²) < 4.78 is 66.8. The zero-order chi connectivity index (χ0) is 30.9. The zero-order valence-corrected chi connectivity index (χ0v) is 24.3. The maximum atomic E-state index is 14.9. The van der Waals surface area contributed by atoms with Gasteiger partial charge in [0.15, 0.2) is 0 Å². The van der Waals surface area contributed by atoms with E-state index in [1.54, 1.807) is 57.2 Å². The summed E-state index contributed by atoms with van der Waals surface area (Å²) in [7, 11) is 3.80. The molecule has 0 radical (unpaired) electrons. The summed E-state index contributed by atoms with van der Waals surface area (Å²) in [5.74, 6) is -1.51.